The largest absolute Gasteiger partial charge is 0.392 e. The smallest absolute Gasteiger partial charge is 0.233 e. The summed E-state index contributed by atoms with van der Waals surface area (Å²) in [5.74, 6) is 0.0830. The van der Waals surface area contributed by atoms with E-state index in [1.165, 1.54) is 11.8 Å². The monoisotopic (exact) mass is 267 g/mol. The van der Waals surface area contributed by atoms with E-state index in [1.54, 1.807) is 0 Å². The van der Waals surface area contributed by atoms with E-state index in [4.69, 9.17) is 5.11 Å². The third kappa shape index (κ3) is 5.10. The van der Waals surface area contributed by atoms with E-state index in [0.29, 0.717) is 0 Å². The Morgan fingerprint density at radius 3 is 2.61 bits per heavy atom. The molecule has 1 unspecified atom stereocenters. The minimum Gasteiger partial charge on any atom is -0.392 e. The van der Waals surface area contributed by atoms with Gasteiger partial charge in [-0.25, -0.2) is 0 Å². The van der Waals surface area contributed by atoms with E-state index in [9.17, 15) is 4.79 Å². The quantitative estimate of drug-likeness (QED) is 0.589. The number of unbranched alkanes of at least 4 members (excludes halogenated alkanes) is 1. The molecule has 0 radical (unpaired) electrons. The molecule has 4 heteroatoms. The van der Waals surface area contributed by atoms with Gasteiger partial charge in [0.2, 0.25) is 5.91 Å². The molecule has 0 saturated heterocycles. The highest BCUT2D eigenvalue weighted by Gasteiger charge is 2.13. The minimum atomic E-state index is -0.0955. The van der Waals surface area contributed by atoms with Gasteiger partial charge in [0, 0.05) is 11.4 Å². The lowest BCUT2D eigenvalue weighted by Gasteiger charge is -2.11. The van der Waals surface area contributed by atoms with Crippen molar-refractivity contribution in [3.63, 3.8) is 0 Å². The molecule has 0 bridgehead atoms. The summed E-state index contributed by atoms with van der Waals surface area (Å²) < 4.78 is 0. The lowest BCUT2D eigenvalue weighted by Crippen LogP contribution is -2.31. The SMILES string of the molecule is CCCCNC(=O)C(C)Sc1ccc(CO)cc1. The van der Waals surface area contributed by atoms with Gasteiger partial charge in [-0.15, -0.1) is 11.8 Å². The number of carbonyl (C=O) groups is 1. The van der Waals surface area contributed by atoms with E-state index < -0.39 is 0 Å². The van der Waals surface area contributed by atoms with Gasteiger partial charge in [-0.05, 0) is 31.0 Å². The molecule has 1 aromatic carbocycles. The number of carbonyl (C=O) groups excluding carboxylic acids is 1. The van der Waals surface area contributed by atoms with Crippen LogP contribution in [0, 0.1) is 0 Å². The van der Waals surface area contributed by atoms with Crippen LogP contribution in [0.1, 0.15) is 32.3 Å². The number of nitrogens with one attached hydrogen (secondary N) is 1. The van der Waals surface area contributed by atoms with Crippen LogP contribution in [-0.4, -0.2) is 22.8 Å². The Hall–Kier alpha value is -1.00. The third-order valence-electron chi connectivity index (χ3n) is 2.62. The van der Waals surface area contributed by atoms with E-state index >= 15 is 0 Å². The average molecular weight is 267 g/mol. The van der Waals surface area contributed by atoms with Crippen LogP contribution in [-0.2, 0) is 11.4 Å². The molecule has 2 N–H and O–H groups in total. The Kier molecular flexibility index (Phi) is 6.83. The second-order valence-electron chi connectivity index (χ2n) is 4.21. The highest BCUT2D eigenvalue weighted by Crippen LogP contribution is 2.23. The van der Waals surface area contributed by atoms with Gasteiger partial charge in [-0.3, -0.25) is 4.79 Å². The van der Waals surface area contributed by atoms with Crippen LogP contribution in [0.3, 0.4) is 0 Å². The molecule has 3 nitrogen and oxygen atoms in total. The predicted molar refractivity (Wildman–Crippen MR) is 75.6 cm³/mol. The second kappa shape index (κ2) is 8.16. The first-order valence-electron chi connectivity index (χ1n) is 6.31. The van der Waals surface area contributed by atoms with Crippen molar-refractivity contribution in [1.82, 2.24) is 5.32 Å². The van der Waals surface area contributed by atoms with E-state index in [0.717, 1.165) is 29.8 Å². The normalized spacial score (nSPS) is 12.2. The molecule has 100 valence electrons. The molecule has 1 amide bonds. The standard InChI is InChI=1S/C14H21NO2S/c1-3-4-9-15-14(17)11(2)18-13-7-5-12(10-16)6-8-13/h5-8,11,16H,3-4,9-10H2,1-2H3,(H,15,17). The number of amides is 1. The molecule has 0 fully saturated rings. The highest BCUT2D eigenvalue weighted by molar-refractivity contribution is 8.00. The van der Waals surface area contributed by atoms with Gasteiger partial charge in [0.25, 0.3) is 0 Å². The summed E-state index contributed by atoms with van der Waals surface area (Å²) in [7, 11) is 0. The van der Waals surface area contributed by atoms with Gasteiger partial charge in [0.15, 0.2) is 0 Å². The maximum atomic E-state index is 11.8. The third-order valence-corrected chi connectivity index (χ3v) is 3.73. The van der Waals surface area contributed by atoms with Crippen molar-refractivity contribution in [2.75, 3.05) is 6.54 Å². The van der Waals surface area contributed by atoms with E-state index in [-0.39, 0.29) is 17.8 Å². The van der Waals surface area contributed by atoms with Gasteiger partial charge < -0.3 is 10.4 Å². The topological polar surface area (TPSA) is 49.3 Å². The number of aliphatic hydroxyl groups is 1. The van der Waals surface area contributed by atoms with Crippen LogP contribution in [0.5, 0.6) is 0 Å². The van der Waals surface area contributed by atoms with Crippen molar-refractivity contribution in [1.29, 1.82) is 0 Å². The van der Waals surface area contributed by atoms with Gasteiger partial charge in [-0.2, -0.15) is 0 Å². The van der Waals surface area contributed by atoms with Crippen LogP contribution in [0.15, 0.2) is 29.2 Å². The molecule has 1 atom stereocenters. The van der Waals surface area contributed by atoms with Crippen LogP contribution in [0.25, 0.3) is 0 Å². The Morgan fingerprint density at radius 2 is 2.06 bits per heavy atom. The number of rotatable bonds is 7. The van der Waals surface area contributed by atoms with Gasteiger partial charge in [-0.1, -0.05) is 25.5 Å². The molecular formula is C14H21NO2S. The molecule has 0 spiro atoms. The first-order chi connectivity index (χ1) is 8.67. The maximum absolute atomic E-state index is 11.8. The zero-order valence-electron chi connectivity index (χ0n) is 11.0. The van der Waals surface area contributed by atoms with Crippen molar-refractivity contribution >= 4 is 17.7 Å². The van der Waals surface area contributed by atoms with Crippen molar-refractivity contribution < 1.29 is 9.90 Å². The average Bonchev–Trinajstić information content (AvgIpc) is 2.39. The molecular weight excluding hydrogens is 246 g/mol. The molecule has 0 heterocycles. The van der Waals surface area contributed by atoms with Crippen LogP contribution >= 0.6 is 11.8 Å². The lowest BCUT2D eigenvalue weighted by molar-refractivity contribution is -0.120. The zero-order valence-corrected chi connectivity index (χ0v) is 11.8. The molecule has 1 aromatic rings. The van der Waals surface area contributed by atoms with Gasteiger partial charge in [0.05, 0.1) is 11.9 Å². The van der Waals surface area contributed by atoms with Crippen molar-refractivity contribution in [3.8, 4) is 0 Å². The summed E-state index contributed by atoms with van der Waals surface area (Å²) in [5.41, 5.74) is 0.888. The fourth-order valence-electron chi connectivity index (χ4n) is 1.46. The molecule has 0 saturated carbocycles. The second-order valence-corrected chi connectivity index (χ2v) is 5.62. The molecule has 1 rings (SSSR count). The number of hydrogen-bond acceptors (Lipinski definition) is 3. The predicted octanol–water partition coefficient (Wildman–Crippen LogP) is 2.58. The Morgan fingerprint density at radius 1 is 1.39 bits per heavy atom. The fraction of sp³-hybridized carbons (Fsp3) is 0.500. The van der Waals surface area contributed by atoms with Crippen molar-refractivity contribution in [2.24, 2.45) is 0 Å². The molecule has 0 aromatic heterocycles. The van der Waals surface area contributed by atoms with Crippen LogP contribution < -0.4 is 5.32 Å². The number of benzene rings is 1. The Labute approximate surface area is 113 Å². The molecule has 0 aliphatic carbocycles. The summed E-state index contributed by atoms with van der Waals surface area (Å²) in [5, 5.41) is 11.8. The van der Waals surface area contributed by atoms with Gasteiger partial charge in [0.1, 0.15) is 0 Å². The summed E-state index contributed by atoms with van der Waals surface area (Å²) >= 11 is 1.54. The Bertz CT molecular complexity index is 365. The summed E-state index contributed by atoms with van der Waals surface area (Å²) in [4.78, 5) is 12.8. The molecule has 18 heavy (non-hydrogen) atoms. The summed E-state index contributed by atoms with van der Waals surface area (Å²) in [6.07, 6.45) is 2.11. The van der Waals surface area contributed by atoms with Crippen molar-refractivity contribution in [2.45, 2.75) is 43.4 Å². The van der Waals surface area contributed by atoms with E-state index in [1.807, 2.05) is 31.2 Å². The minimum absolute atomic E-state index is 0.0536. The first kappa shape index (κ1) is 15.1. The number of thioether (sulfide) groups is 1. The van der Waals surface area contributed by atoms with Crippen LogP contribution in [0.4, 0.5) is 0 Å². The summed E-state index contributed by atoms with van der Waals surface area (Å²) in [6.45, 7) is 4.82. The highest BCUT2D eigenvalue weighted by atomic mass is 32.2. The molecule has 0 aliphatic rings. The number of aliphatic hydroxyl groups excluding tert-OH is 1. The van der Waals surface area contributed by atoms with Gasteiger partial charge >= 0.3 is 0 Å². The maximum Gasteiger partial charge on any atom is 0.233 e. The van der Waals surface area contributed by atoms with E-state index in [2.05, 4.69) is 12.2 Å². The summed E-state index contributed by atoms with van der Waals surface area (Å²) in [6, 6.07) is 7.63. The zero-order chi connectivity index (χ0) is 13.4. The lowest BCUT2D eigenvalue weighted by atomic mass is 10.2. The molecule has 0 aliphatic heterocycles. The van der Waals surface area contributed by atoms with Crippen LogP contribution in [0.2, 0.25) is 0 Å². The fourth-order valence-corrected chi connectivity index (χ4v) is 2.36. The first-order valence-corrected chi connectivity index (χ1v) is 7.19. The van der Waals surface area contributed by atoms with Crippen molar-refractivity contribution in [3.05, 3.63) is 29.8 Å². The number of hydrogen-bond donors (Lipinski definition) is 2. The Balaban J connectivity index is 2.42.